The molecule has 1 aromatic rings. The van der Waals surface area contributed by atoms with Gasteiger partial charge >= 0.3 is 0 Å². The van der Waals surface area contributed by atoms with E-state index in [1.165, 1.54) is 16.0 Å². The Morgan fingerprint density at radius 3 is 2.59 bits per heavy atom. The molecular weight excluding hydrogens is 230 g/mol. The molecule has 0 aliphatic carbocycles. The van der Waals surface area contributed by atoms with E-state index in [0.717, 1.165) is 5.75 Å². The van der Waals surface area contributed by atoms with Crippen molar-refractivity contribution in [3.8, 4) is 0 Å². The van der Waals surface area contributed by atoms with E-state index in [4.69, 9.17) is 0 Å². The first-order chi connectivity index (χ1) is 7.99. The molecular formula is C14H23NOS. The summed E-state index contributed by atoms with van der Waals surface area (Å²) < 4.78 is 0. The van der Waals surface area contributed by atoms with E-state index >= 15 is 0 Å². The summed E-state index contributed by atoms with van der Waals surface area (Å²) in [6, 6.07) is 6.86. The van der Waals surface area contributed by atoms with Crippen molar-refractivity contribution in [1.82, 2.24) is 5.32 Å². The largest absolute Gasteiger partial charge is 0.391 e. The topological polar surface area (TPSA) is 32.3 Å². The number of nitrogens with one attached hydrogen (secondary N) is 1. The van der Waals surface area contributed by atoms with E-state index in [2.05, 4.69) is 51.2 Å². The van der Waals surface area contributed by atoms with Gasteiger partial charge in [0.2, 0.25) is 0 Å². The lowest BCUT2D eigenvalue weighted by Gasteiger charge is -2.14. The van der Waals surface area contributed by atoms with Crippen molar-refractivity contribution < 1.29 is 5.11 Å². The van der Waals surface area contributed by atoms with Gasteiger partial charge in [-0.3, -0.25) is 0 Å². The molecule has 1 aromatic carbocycles. The van der Waals surface area contributed by atoms with Crippen LogP contribution in [0.1, 0.15) is 25.0 Å². The van der Waals surface area contributed by atoms with Crippen molar-refractivity contribution >= 4 is 11.8 Å². The Labute approximate surface area is 109 Å². The Morgan fingerprint density at radius 2 is 2.00 bits per heavy atom. The van der Waals surface area contributed by atoms with Gasteiger partial charge in [-0.2, -0.15) is 0 Å². The van der Waals surface area contributed by atoms with E-state index in [9.17, 15) is 5.11 Å². The number of aliphatic hydroxyl groups is 1. The predicted octanol–water partition coefficient (Wildman–Crippen LogP) is 2.75. The fraction of sp³-hybridized carbons (Fsp3) is 0.571. The predicted molar refractivity (Wildman–Crippen MR) is 75.8 cm³/mol. The minimum atomic E-state index is -0.289. The Bertz CT molecular complexity index is 352. The second-order valence-electron chi connectivity index (χ2n) is 4.80. The third kappa shape index (κ3) is 5.57. The zero-order valence-corrected chi connectivity index (χ0v) is 12.0. The molecule has 1 atom stereocenters. The van der Waals surface area contributed by atoms with Crippen LogP contribution < -0.4 is 5.32 Å². The van der Waals surface area contributed by atoms with Gasteiger partial charge in [0.15, 0.2) is 0 Å². The van der Waals surface area contributed by atoms with Crippen LogP contribution in [0.5, 0.6) is 0 Å². The maximum atomic E-state index is 9.82. The Hall–Kier alpha value is -0.510. The molecule has 2 N–H and O–H groups in total. The third-order valence-corrected chi connectivity index (χ3v) is 3.84. The third-order valence-electron chi connectivity index (χ3n) is 2.52. The van der Waals surface area contributed by atoms with Gasteiger partial charge in [-0.05, 0) is 25.5 Å². The molecule has 0 radical (unpaired) electrons. The maximum absolute atomic E-state index is 9.82. The highest BCUT2D eigenvalue weighted by molar-refractivity contribution is 7.99. The highest BCUT2D eigenvalue weighted by Crippen LogP contribution is 2.23. The molecule has 0 amide bonds. The average Bonchev–Trinajstić information content (AvgIpc) is 2.25. The van der Waals surface area contributed by atoms with Crippen molar-refractivity contribution in [3.05, 3.63) is 29.3 Å². The second-order valence-corrected chi connectivity index (χ2v) is 5.86. The van der Waals surface area contributed by atoms with Crippen LogP contribution in [0.2, 0.25) is 0 Å². The SMILES string of the molecule is Cc1ccc(SCC(O)CNC(C)C)c(C)c1. The van der Waals surface area contributed by atoms with Crippen molar-refractivity contribution in [1.29, 1.82) is 0 Å². The van der Waals surface area contributed by atoms with Crippen LogP contribution in [-0.4, -0.2) is 29.5 Å². The van der Waals surface area contributed by atoms with Crippen LogP contribution in [0.3, 0.4) is 0 Å². The van der Waals surface area contributed by atoms with Gasteiger partial charge in [-0.1, -0.05) is 31.5 Å². The smallest absolute Gasteiger partial charge is 0.0758 e. The molecule has 0 spiro atoms. The molecule has 0 bridgehead atoms. The van der Waals surface area contributed by atoms with Crippen molar-refractivity contribution in [2.45, 2.75) is 44.7 Å². The molecule has 3 heteroatoms. The van der Waals surface area contributed by atoms with Gasteiger partial charge in [0, 0.05) is 23.2 Å². The summed E-state index contributed by atoms with van der Waals surface area (Å²) in [6.45, 7) is 9.06. The normalized spacial score (nSPS) is 13.1. The number of thioether (sulfide) groups is 1. The summed E-state index contributed by atoms with van der Waals surface area (Å²) in [5.41, 5.74) is 2.58. The van der Waals surface area contributed by atoms with Gasteiger partial charge in [0.25, 0.3) is 0 Å². The summed E-state index contributed by atoms with van der Waals surface area (Å²) >= 11 is 1.73. The highest BCUT2D eigenvalue weighted by Gasteiger charge is 2.07. The van der Waals surface area contributed by atoms with E-state index in [-0.39, 0.29) is 6.10 Å². The minimum absolute atomic E-state index is 0.289. The first-order valence-electron chi connectivity index (χ1n) is 6.10. The van der Waals surface area contributed by atoms with Crippen LogP contribution in [-0.2, 0) is 0 Å². The Morgan fingerprint density at radius 1 is 1.29 bits per heavy atom. The zero-order chi connectivity index (χ0) is 12.8. The summed E-state index contributed by atoms with van der Waals surface area (Å²) in [5.74, 6) is 0.740. The summed E-state index contributed by atoms with van der Waals surface area (Å²) in [6.07, 6.45) is -0.289. The molecule has 2 nitrogen and oxygen atoms in total. The molecule has 1 unspecified atom stereocenters. The number of benzene rings is 1. The van der Waals surface area contributed by atoms with Gasteiger partial charge in [-0.15, -0.1) is 11.8 Å². The summed E-state index contributed by atoms with van der Waals surface area (Å²) in [5, 5.41) is 13.1. The molecule has 0 saturated heterocycles. The van der Waals surface area contributed by atoms with Gasteiger partial charge in [0.1, 0.15) is 0 Å². The molecule has 0 aromatic heterocycles. The molecule has 0 fully saturated rings. The van der Waals surface area contributed by atoms with E-state index in [1.807, 2.05) is 0 Å². The number of rotatable bonds is 6. The monoisotopic (exact) mass is 253 g/mol. The lowest BCUT2D eigenvalue weighted by Crippen LogP contribution is -2.33. The van der Waals surface area contributed by atoms with Gasteiger partial charge in [-0.25, -0.2) is 0 Å². The summed E-state index contributed by atoms with van der Waals surface area (Å²) in [4.78, 5) is 1.26. The number of hydrogen-bond acceptors (Lipinski definition) is 3. The molecule has 1 rings (SSSR count). The van der Waals surface area contributed by atoms with Crippen LogP contribution >= 0.6 is 11.8 Å². The summed E-state index contributed by atoms with van der Waals surface area (Å²) in [7, 11) is 0. The van der Waals surface area contributed by atoms with Crippen LogP contribution in [0.25, 0.3) is 0 Å². The van der Waals surface area contributed by atoms with Crippen LogP contribution in [0, 0.1) is 13.8 Å². The first-order valence-corrected chi connectivity index (χ1v) is 7.09. The van der Waals surface area contributed by atoms with E-state index in [0.29, 0.717) is 12.6 Å². The Balaban J connectivity index is 2.39. The van der Waals surface area contributed by atoms with Crippen LogP contribution in [0.15, 0.2) is 23.1 Å². The van der Waals surface area contributed by atoms with Crippen molar-refractivity contribution in [2.75, 3.05) is 12.3 Å². The first kappa shape index (κ1) is 14.6. The number of aliphatic hydroxyl groups excluding tert-OH is 1. The second kappa shape index (κ2) is 7.04. The standard InChI is InChI=1S/C14H23NOS/c1-10(2)15-8-13(16)9-17-14-6-5-11(3)7-12(14)4/h5-7,10,13,15-16H,8-9H2,1-4H3. The fourth-order valence-corrected chi connectivity index (χ4v) is 2.52. The quantitative estimate of drug-likeness (QED) is 0.765. The zero-order valence-electron chi connectivity index (χ0n) is 11.2. The molecule has 0 saturated carbocycles. The van der Waals surface area contributed by atoms with Crippen molar-refractivity contribution in [3.63, 3.8) is 0 Å². The Kier molecular flexibility index (Phi) is 6.03. The lowest BCUT2D eigenvalue weighted by molar-refractivity contribution is 0.192. The van der Waals surface area contributed by atoms with Gasteiger partial charge < -0.3 is 10.4 Å². The minimum Gasteiger partial charge on any atom is -0.391 e. The van der Waals surface area contributed by atoms with Crippen molar-refractivity contribution in [2.24, 2.45) is 0 Å². The van der Waals surface area contributed by atoms with Crippen LogP contribution in [0.4, 0.5) is 0 Å². The maximum Gasteiger partial charge on any atom is 0.0758 e. The van der Waals surface area contributed by atoms with E-state index < -0.39 is 0 Å². The molecule has 0 aliphatic rings. The average molecular weight is 253 g/mol. The number of hydrogen-bond donors (Lipinski definition) is 2. The fourth-order valence-electron chi connectivity index (χ4n) is 1.58. The molecule has 96 valence electrons. The highest BCUT2D eigenvalue weighted by atomic mass is 32.2. The van der Waals surface area contributed by atoms with Gasteiger partial charge in [0.05, 0.1) is 6.10 Å². The van der Waals surface area contributed by atoms with E-state index in [1.54, 1.807) is 11.8 Å². The molecule has 0 aliphatic heterocycles. The lowest BCUT2D eigenvalue weighted by atomic mass is 10.2. The number of aryl methyl sites for hydroxylation is 2. The molecule has 17 heavy (non-hydrogen) atoms. The molecule has 0 heterocycles.